The van der Waals surface area contributed by atoms with Gasteiger partial charge in [0.05, 0.1) is 0 Å². The summed E-state index contributed by atoms with van der Waals surface area (Å²) >= 11 is 0. The predicted molar refractivity (Wildman–Crippen MR) is 10.8 cm³/mol. The summed E-state index contributed by atoms with van der Waals surface area (Å²) in [4.78, 5) is 0. The molecule has 1 radical (unpaired) electrons. The molecule has 0 aliphatic heterocycles. The van der Waals surface area contributed by atoms with Crippen molar-refractivity contribution in [2.45, 2.75) is 0 Å². The summed E-state index contributed by atoms with van der Waals surface area (Å²) < 4.78 is 0. The van der Waals surface area contributed by atoms with Gasteiger partial charge in [-0.1, -0.05) is 0 Å². The summed E-state index contributed by atoms with van der Waals surface area (Å²) in [5, 5.41) is 0. The van der Waals surface area contributed by atoms with Crippen LogP contribution in [-0.2, 0) is 43.4 Å². The smallest absolute Gasteiger partial charge is 0 e. The zero-order valence-electron chi connectivity index (χ0n) is 2.21. The van der Waals surface area contributed by atoms with E-state index in [0.29, 0.717) is 0 Å². The first-order valence-electron chi connectivity index (χ1n) is 0. The Kier molecular flexibility index (Phi) is 1200. The molecule has 5 heavy (non-hydrogen) atoms. The third-order valence-corrected chi connectivity index (χ3v) is 0. The van der Waals surface area contributed by atoms with E-state index in [2.05, 4.69) is 0 Å². The Morgan fingerprint density at radius 2 is 0.600 bits per heavy atom. The van der Waals surface area contributed by atoms with Crippen molar-refractivity contribution in [3.63, 3.8) is 0 Å². The molecule has 0 amide bonds. The Bertz CT molecular complexity index is 6.85. The molecule has 5 heteroatoms. The van der Waals surface area contributed by atoms with Crippen LogP contribution in [0, 0.1) is 0 Å². The van der Waals surface area contributed by atoms with Crippen molar-refractivity contribution in [2.24, 2.45) is 0 Å². The van der Waals surface area contributed by atoms with Gasteiger partial charge in [0.15, 0.2) is 0 Å². The molecule has 0 atom stereocenters. The van der Waals surface area contributed by atoms with Crippen LogP contribution in [0.1, 0.15) is 0 Å². The fourth-order valence-corrected chi connectivity index (χ4v) is 0. The molecular formula is H6AuO3W. The second kappa shape index (κ2) is 57.6. The van der Waals surface area contributed by atoms with E-state index in [1.165, 1.54) is 0 Å². The fourth-order valence-electron chi connectivity index (χ4n) is 0. The van der Waals surface area contributed by atoms with E-state index < -0.39 is 0 Å². The fraction of sp³-hybridized carbons (Fsp3) is 0. The second-order valence-corrected chi connectivity index (χ2v) is 0. The summed E-state index contributed by atoms with van der Waals surface area (Å²) in [5.74, 6) is 0. The van der Waals surface area contributed by atoms with E-state index in [9.17, 15) is 0 Å². The van der Waals surface area contributed by atoms with Crippen molar-refractivity contribution in [2.75, 3.05) is 0 Å². The summed E-state index contributed by atoms with van der Waals surface area (Å²) in [6.07, 6.45) is 0. The van der Waals surface area contributed by atoms with Gasteiger partial charge in [-0.15, -0.1) is 0 Å². The van der Waals surface area contributed by atoms with Gasteiger partial charge in [-0.05, 0) is 0 Å². The maximum absolute atomic E-state index is 0. The topological polar surface area (TPSA) is 94.5 Å². The van der Waals surface area contributed by atoms with Gasteiger partial charge in [-0.3, -0.25) is 0 Å². The quantitative estimate of drug-likeness (QED) is 0.378. The molecule has 0 heterocycles. The summed E-state index contributed by atoms with van der Waals surface area (Å²) in [6.45, 7) is 0. The van der Waals surface area contributed by atoms with Crippen LogP contribution < -0.4 is 0 Å². The van der Waals surface area contributed by atoms with Gasteiger partial charge in [0.1, 0.15) is 0 Å². The van der Waals surface area contributed by atoms with Crippen molar-refractivity contribution in [3.05, 3.63) is 0 Å². The first kappa shape index (κ1) is 104. The number of hydrogen-bond acceptors (Lipinski definition) is 0. The molecule has 0 aromatic carbocycles. The third kappa shape index (κ3) is 33.9. The molecule has 41 valence electrons. The molecule has 0 saturated heterocycles. The van der Waals surface area contributed by atoms with Gasteiger partial charge in [-0.25, -0.2) is 0 Å². The van der Waals surface area contributed by atoms with Gasteiger partial charge >= 0.3 is 0 Å². The minimum absolute atomic E-state index is 0. The number of hydrogen-bond donors (Lipinski definition) is 0. The normalized spacial score (nSPS) is 0. The maximum atomic E-state index is 0. The standard InChI is InChI=1S/Au.3H2O.W/h;3*1H2;. The largest absolute Gasteiger partial charge is 0.412 e. The molecule has 0 saturated carbocycles. The van der Waals surface area contributed by atoms with Crippen LogP contribution in [0.4, 0.5) is 0 Å². The molecule has 0 aliphatic rings. The Morgan fingerprint density at radius 3 is 0.600 bits per heavy atom. The van der Waals surface area contributed by atoms with Crippen LogP contribution in [0.3, 0.4) is 0 Å². The zero-order valence-corrected chi connectivity index (χ0v) is 7.31. The molecule has 6 N–H and O–H groups in total. The summed E-state index contributed by atoms with van der Waals surface area (Å²) in [5.41, 5.74) is 0. The molecule has 0 aromatic rings. The summed E-state index contributed by atoms with van der Waals surface area (Å²) in [6, 6.07) is 0. The molecule has 0 spiro atoms. The Labute approximate surface area is 59.8 Å². The SMILES string of the molecule is O.O.O.[Au].[W]. The Hall–Kier alpha value is 1.31. The number of rotatable bonds is 0. The molecule has 3 nitrogen and oxygen atoms in total. The van der Waals surface area contributed by atoms with Gasteiger partial charge in [0, 0.05) is 43.4 Å². The van der Waals surface area contributed by atoms with Crippen LogP contribution >= 0.6 is 0 Å². The van der Waals surface area contributed by atoms with Crippen molar-refractivity contribution >= 4 is 0 Å². The predicted octanol–water partition coefficient (Wildman–Crippen LogP) is -2.48. The first-order chi connectivity index (χ1) is 0. The second-order valence-electron chi connectivity index (χ2n) is 0. The maximum Gasteiger partial charge on any atom is 0 e. The minimum atomic E-state index is 0. The van der Waals surface area contributed by atoms with Crippen molar-refractivity contribution in [1.82, 2.24) is 0 Å². The molecule has 0 aromatic heterocycles. The van der Waals surface area contributed by atoms with E-state index in [1.807, 2.05) is 0 Å². The average Bonchev–Trinajstić information content (AvgIpc) is 0. The van der Waals surface area contributed by atoms with Crippen LogP contribution in [0.5, 0.6) is 0 Å². The van der Waals surface area contributed by atoms with Crippen LogP contribution in [-0.4, -0.2) is 16.4 Å². The average molecular weight is 435 g/mol. The van der Waals surface area contributed by atoms with Crippen LogP contribution in [0.15, 0.2) is 0 Å². The van der Waals surface area contributed by atoms with Gasteiger partial charge in [0.2, 0.25) is 0 Å². The molecule has 0 rings (SSSR count). The van der Waals surface area contributed by atoms with Crippen LogP contribution in [0.25, 0.3) is 0 Å². The zero-order chi connectivity index (χ0) is 0. The van der Waals surface area contributed by atoms with E-state index in [0.717, 1.165) is 0 Å². The van der Waals surface area contributed by atoms with E-state index in [4.69, 9.17) is 0 Å². The first-order valence-corrected chi connectivity index (χ1v) is 0. The van der Waals surface area contributed by atoms with Crippen LogP contribution in [0.2, 0.25) is 0 Å². The Balaban J connectivity index is 0. The molecule has 0 fully saturated rings. The Morgan fingerprint density at radius 1 is 0.600 bits per heavy atom. The third-order valence-electron chi connectivity index (χ3n) is 0. The van der Waals surface area contributed by atoms with Gasteiger partial charge in [-0.2, -0.15) is 0 Å². The molecular weight excluding hydrogens is 429 g/mol. The molecule has 0 bridgehead atoms. The van der Waals surface area contributed by atoms with E-state index in [1.54, 1.807) is 0 Å². The van der Waals surface area contributed by atoms with Crippen molar-refractivity contribution in [3.8, 4) is 0 Å². The van der Waals surface area contributed by atoms with E-state index in [-0.39, 0.29) is 59.9 Å². The molecule has 0 aliphatic carbocycles. The summed E-state index contributed by atoms with van der Waals surface area (Å²) in [7, 11) is 0. The van der Waals surface area contributed by atoms with E-state index >= 15 is 0 Å². The minimum Gasteiger partial charge on any atom is -0.412 e. The van der Waals surface area contributed by atoms with Crippen molar-refractivity contribution < 1.29 is 59.9 Å². The van der Waals surface area contributed by atoms with Gasteiger partial charge < -0.3 is 16.4 Å². The monoisotopic (exact) mass is 435 g/mol. The van der Waals surface area contributed by atoms with Crippen molar-refractivity contribution in [1.29, 1.82) is 0 Å². The van der Waals surface area contributed by atoms with Gasteiger partial charge in [0.25, 0.3) is 0 Å². The molecule has 0 unspecified atom stereocenters.